The highest BCUT2D eigenvalue weighted by atomic mass is 16.3. The average Bonchev–Trinajstić information content (AvgIpc) is 3.63. The number of furan rings is 1. The van der Waals surface area contributed by atoms with Gasteiger partial charge >= 0.3 is 0 Å². The molecule has 53 heavy (non-hydrogen) atoms. The lowest BCUT2D eigenvalue weighted by atomic mass is 9.96. The molecule has 0 saturated heterocycles. The van der Waals surface area contributed by atoms with E-state index in [1.54, 1.807) is 0 Å². The molecule has 9 aromatic carbocycles. The van der Waals surface area contributed by atoms with Crippen molar-refractivity contribution < 1.29 is 4.42 Å². The lowest BCUT2D eigenvalue weighted by molar-refractivity contribution is 0.673. The third kappa shape index (κ3) is 5.53. The molecular weight excluding hydrogens is 643 g/mol. The van der Waals surface area contributed by atoms with Crippen molar-refractivity contribution in [3.8, 4) is 33.4 Å². The Hall–Kier alpha value is -6.90. The molecule has 0 amide bonds. The summed E-state index contributed by atoms with van der Waals surface area (Å²) in [5.74, 6) is 0. The lowest BCUT2D eigenvalue weighted by Crippen LogP contribution is -2.17. The number of hydrogen-bond acceptors (Lipinski definition) is 2. The number of anilines is 2. The summed E-state index contributed by atoms with van der Waals surface area (Å²) in [7, 11) is 0. The van der Waals surface area contributed by atoms with E-state index in [9.17, 15) is 0 Å². The van der Waals surface area contributed by atoms with E-state index in [4.69, 9.17) is 4.42 Å². The van der Waals surface area contributed by atoms with Gasteiger partial charge in [0.25, 0.3) is 0 Å². The van der Waals surface area contributed by atoms with Crippen LogP contribution in [0.25, 0.3) is 76.9 Å². The summed E-state index contributed by atoms with van der Waals surface area (Å²) in [4.78, 5) is 2.46. The van der Waals surface area contributed by atoms with Gasteiger partial charge in [-0.1, -0.05) is 170 Å². The maximum absolute atomic E-state index is 6.82. The van der Waals surface area contributed by atoms with Crippen LogP contribution in [0.1, 0.15) is 5.56 Å². The first kappa shape index (κ1) is 30.9. The minimum Gasteiger partial charge on any atom is -0.455 e. The molecule has 0 bridgehead atoms. The summed E-state index contributed by atoms with van der Waals surface area (Å²) in [5, 5.41) is 7.04. The van der Waals surface area contributed by atoms with Crippen molar-refractivity contribution in [2.75, 3.05) is 4.90 Å². The van der Waals surface area contributed by atoms with Gasteiger partial charge in [0, 0.05) is 45.0 Å². The molecule has 0 fully saturated rings. The molecule has 2 heteroatoms. The molecule has 0 radical (unpaired) electrons. The van der Waals surface area contributed by atoms with Gasteiger partial charge in [0.15, 0.2) is 0 Å². The van der Waals surface area contributed by atoms with E-state index >= 15 is 0 Å². The van der Waals surface area contributed by atoms with Crippen molar-refractivity contribution in [2.24, 2.45) is 0 Å². The van der Waals surface area contributed by atoms with E-state index in [-0.39, 0.29) is 0 Å². The molecule has 0 aliphatic carbocycles. The van der Waals surface area contributed by atoms with E-state index in [1.165, 1.54) is 55.2 Å². The van der Waals surface area contributed by atoms with Crippen LogP contribution in [0.4, 0.5) is 11.4 Å². The largest absolute Gasteiger partial charge is 0.455 e. The molecule has 1 heterocycles. The molecule has 0 atom stereocenters. The summed E-state index contributed by atoms with van der Waals surface area (Å²) < 4.78 is 6.82. The van der Waals surface area contributed by atoms with Crippen molar-refractivity contribution in [2.45, 2.75) is 6.54 Å². The van der Waals surface area contributed by atoms with Crippen LogP contribution in [0.3, 0.4) is 0 Å². The maximum atomic E-state index is 6.82. The standard InChI is InChI=1S/C51H35NO/c1-2-13-35(14-3-1)39-19-10-20-40(33-39)36-27-30-42(31-28-36)52(49-26-11-18-37-15-4-8-22-44(37)49)34-41-17-6-7-21-43(41)46-24-12-25-47-48-32-29-38-16-5-9-23-45(38)50(48)53-51(46)47/h1-33H,34H2. The van der Waals surface area contributed by atoms with Crippen LogP contribution < -0.4 is 4.90 Å². The van der Waals surface area contributed by atoms with Crippen LogP contribution in [0.5, 0.6) is 0 Å². The van der Waals surface area contributed by atoms with Gasteiger partial charge in [0.1, 0.15) is 11.2 Å². The molecule has 2 nitrogen and oxygen atoms in total. The van der Waals surface area contributed by atoms with Gasteiger partial charge in [0.05, 0.1) is 0 Å². The van der Waals surface area contributed by atoms with Crippen LogP contribution in [-0.2, 0) is 6.54 Å². The Bertz CT molecular complexity index is 2920. The van der Waals surface area contributed by atoms with Crippen molar-refractivity contribution in [1.82, 2.24) is 0 Å². The zero-order valence-electron chi connectivity index (χ0n) is 29.1. The van der Waals surface area contributed by atoms with Crippen LogP contribution in [0, 0.1) is 0 Å². The van der Waals surface area contributed by atoms with E-state index < -0.39 is 0 Å². The highest BCUT2D eigenvalue weighted by molar-refractivity contribution is 6.17. The van der Waals surface area contributed by atoms with Gasteiger partial charge in [-0.3, -0.25) is 0 Å². The third-order valence-corrected chi connectivity index (χ3v) is 10.6. The molecule has 0 N–H and O–H groups in total. The second kappa shape index (κ2) is 13.0. The van der Waals surface area contributed by atoms with Crippen molar-refractivity contribution in [3.63, 3.8) is 0 Å². The quantitative estimate of drug-likeness (QED) is 0.167. The van der Waals surface area contributed by atoms with E-state index in [0.29, 0.717) is 6.54 Å². The summed E-state index contributed by atoms with van der Waals surface area (Å²) in [6.07, 6.45) is 0. The normalized spacial score (nSPS) is 11.5. The Morgan fingerprint density at radius 3 is 1.75 bits per heavy atom. The Labute approximate surface area is 308 Å². The second-order valence-electron chi connectivity index (χ2n) is 13.7. The summed E-state index contributed by atoms with van der Waals surface area (Å²) in [6, 6.07) is 71.9. The fraction of sp³-hybridized carbons (Fsp3) is 0.0196. The highest BCUT2D eigenvalue weighted by Crippen LogP contribution is 2.41. The first-order valence-electron chi connectivity index (χ1n) is 18.2. The molecule has 1 aromatic heterocycles. The second-order valence-corrected chi connectivity index (χ2v) is 13.7. The molecule has 250 valence electrons. The number of para-hydroxylation sites is 1. The van der Waals surface area contributed by atoms with Crippen molar-refractivity contribution in [3.05, 3.63) is 206 Å². The Kier molecular flexibility index (Phi) is 7.58. The molecule has 10 rings (SSSR count). The SMILES string of the molecule is c1ccc(-c2cccc(-c3ccc(N(Cc4ccccc4-c4cccc5c4oc4c6ccccc6ccc54)c4cccc5ccccc45)cc3)c2)cc1. The Balaban J connectivity index is 1.09. The molecule has 0 unspecified atom stereocenters. The number of rotatable bonds is 7. The number of benzene rings is 9. The number of nitrogens with zero attached hydrogens (tertiary/aromatic N) is 1. The van der Waals surface area contributed by atoms with Gasteiger partial charge in [-0.2, -0.15) is 0 Å². The van der Waals surface area contributed by atoms with Gasteiger partial charge < -0.3 is 9.32 Å². The van der Waals surface area contributed by atoms with Gasteiger partial charge in [-0.15, -0.1) is 0 Å². The van der Waals surface area contributed by atoms with Crippen LogP contribution in [-0.4, -0.2) is 0 Å². The lowest BCUT2D eigenvalue weighted by Gasteiger charge is -2.28. The predicted molar refractivity (Wildman–Crippen MR) is 224 cm³/mol. The summed E-state index contributed by atoms with van der Waals surface area (Å²) >= 11 is 0. The minimum absolute atomic E-state index is 0.673. The number of hydrogen-bond donors (Lipinski definition) is 0. The maximum Gasteiger partial charge on any atom is 0.143 e. The first-order chi connectivity index (χ1) is 26.3. The Morgan fingerprint density at radius 1 is 0.358 bits per heavy atom. The Morgan fingerprint density at radius 2 is 0.925 bits per heavy atom. The van der Waals surface area contributed by atoms with E-state index in [2.05, 4.69) is 205 Å². The third-order valence-electron chi connectivity index (χ3n) is 10.6. The summed E-state index contributed by atoms with van der Waals surface area (Å²) in [6.45, 7) is 0.673. The van der Waals surface area contributed by atoms with Crippen LogP contribution in [0.2, 0.25) is 0 Å². The monoisotopic (exact) mass is 677 g/mol. The topological polar surface area (TPSA) is 16.4 Å². The van der Waals surface area contributed by atoms with E-state index in [0.717, 1.165) is 38.6 Å². The smallest absolute Gasteiger partial charge is 0.143 e. The minimum atomic E-state index is 0.673. The summed E-state index contributed by atoms with van der Waals surface area (Å²) in [5.41, 5.74) is 12.5. The fourth-order valence-electron chi connectivity index (χ4n) is 7.93. The molecular formula is C51H35NO. The van der Waals surface area contributed by atoms with Gasteiger partial charge in [0.2, 0.25) is 0 Å². The van der Waals surface area contributed by atoms with Gasteiger partial charge in [-0.25, -0.2) is 0 Å². The zero-order valence-corrected chi connectivity index (χ0v) is 29.1. The molecule has 0 aliphatic rings. The molecule has 0 saturated carbocycles. The highest BCUT2D eigenvalue weighted by Gasteiger charge is 2.19. The van der Waals surface area contributed by atoms with Crippen LogP contribution in [0.15, 0.2) is 205 Å². The van der Waals surface area contributed by atoms with E-state index in [1.807, 2.05) is 0 Å². The molecule has 0 aliphatic heterocycles. The van der Waals surface area contributed by atoms with Crippen molar-refractivity contribution in [1.29, 1.82) is 0 Å². The molecule has 0 spiro atoms. The zero-order chi connectivity index (χ0) is 35.1. The fourth-order valence-corrected chi connectivity index (χ4v) is 7.93. The molecule has 10 aromatic rings. The first-order valence-corrected chi connectivity index (χ1v) is 18.2. The van der Waals surface area contributed by atoms with Gasteiger partial charge in [-0.05, 0) is 74.5 Å². The van der Waals surface area contributed by atoms with Crippen molar-refractivity contribution >= 4 is 54.9 Å². The van der Waals surface area contributed by atoms with Crippen LogP contribution >= 0.6 is 0 Å². The average molecular weight is 678 g/mol. The predicted octanol–water partition coefficient (Wildman–Crippen LogP) is 14.2. The number of fused-ring (bicyclic) bond motifs is 6.